The maximum Gasteiger partial charge on any atom is 0.406 e. The van der Waals surface area contributed by atoms with Crippen LogP contribution < -0.4 is 4.90 Å². The number of non-ortho nitro benzene ring substituents is 1. The smallest absolute Gasteiger partial charge is 0.406 e. The van der Waals surface area contributed by atoms with Gasteiger partial charge in [-0.15, -0.1) is 0 Å². The lowest BCUT2D eigenvalue weighted by Crippen LogP contribution is -2.41. The topological polar surface area (TPSA) is 89.5 Å². The highest BCUT2D eigenvalue weighted by molar-refractivity contribution is 6.16. The quantitative estimate of drug-likeness (QED) is 0.355. The van der Waals surface area contributed by atoms with Crippen molar-refractivity contribution in [3.8, 4) is 0 Å². The normalized spacial score (nSPS) is 14.8. The first-order valence-corrected chi connectivity index (χ1v) is 7.70. The van der Waals surface area contributed by atoms with E-state index in [1.54, 1.807) is 18.2 Å². The van der Waals surface area contributed by atoms with Crippen molar-refractivity contribution in [2.75, 3.05) is 18.0 Å². The summed E-state index contributed by atoms with van der Waals surface area (Å²) in [4.78, 5) is 23.1. The Balaban J connectivity index is 2.27. The molecule has 0 fully saturated rings. The molecular weight excluding hydrogens is 367 g/mol. The van der Waals surface area contributed by atoms with E-state index in [1.165, 1.54) is 12.1 Å². The third-order valence-electron chi connectivity index (χ3n) is 3.95. The van der Waals surface area contributed by atoms with Crippen LogP contribution >= 0.6 is 0 Å². The second kappa shape index (κ2) is 6.71. The number of nitrogens with zero attached hydrogens (tertiary/aromatic N) is 3. The van der Waals surface area contributed by atoms with Gasteiger partial charge in [0.25, 0.3) is 11.6 Å². The van der Waals surface area contributed by atoms with Crippen LogP contribution in [0, 0.1) is 15.3 Å². The molecule has 0 aliphatic carbocycles. The average molecular weight is 379 g/mol. The Kier molecular flexibility index (Phi) is 4.56. The molecule has 0 saturated carbocycles. The number of anilines is 1. The van der Waals surface area contributed by atoms with Gasteiger partial charge in [-0.3, -0.25) is 19.8 Å². The van der Waals surface area contributed by atoms with Gasteiger partial charge >= 0.3 is 6.18 Å². The van der Waals surface area contributed by atoms with Crippen molar-refractivity contribution >= 4 is 23.0 Å². The first kappa shape index (κ1) is 18.4. The number of hydrogen-bond acceptors (Lipinski definition) is 4. The highest BCUT2D eigenvalue weighted by atomic mass is 19.4. The second-order valence-corrected chi connectivity index (χ2v) is 5.80. The molecule has 140 valence electrons. The minimum absolute atomic E-state index is 0.104. The average Bonchev–Trinajstić information content (AvgIpc) is 2.69. The number of alkyl halides is 3. The monoisotopic (exact) mass is 379 g/mol. The Hall–Kier alpha value is -3.43. The van der Waals surface area contributed by atoms with Gasteiger partial charge in [0.2, 0.25) is 12.3 Å². The molecule has 1 aliphatic heterocycles. The van der Waals surface area contributed by atoms with E-state index in [-0.39, 0.29) is 21.7 Å². The molecule has 3 rings (SSSR count). The van der Waals surface area contributed by atoms with E-state index in [4.69, 9.17) is 0 Å². The summed E-state index contributed by atoms with van der Waals surface area (Å²) in [5.74, 6) is -1.05. The molecule has 1 heterocycles. The lowest BCUT2D eigenvalue weighted by Gasteiger charge is -2.22. The predicted molar refractivity (Wildman–Crippen MR) is 89.7 cm³/mol. The van der Waals surface area contributed by atoms with Gasteiger partial charge in [-0.25, -0.2) is 0 Å². The van der Waals surface area contributed by atoms with Crippen molar-refractivity contribution in [1.82, 2.24) is 0 Å². The summed E-state index contributed by atoms with van der Waals surface area (Å²) >= 11 is 0. The molecule has 7 nitrogen and oxygen atoms in total. The summed E-state index contributed by atoms with van der Waals surface area (Å²) in [5.41, 5.74) is -0.499. The Morgan fingerprint density at radius 2 is 1.81 bits per heavy atom. The summed E-state index contributed by atoms with van der Waals surface area (Å²) < 4.78 is 39.2. The van der Waals surface area contributed by atoms with E-state index in [1.807, 2.05) is 0 Å². The van der Waals surface area contributed by atoms with Crippen molar-refractivity contribution in [1.29, 1.82) is 0 Å². The van der Waals surface area contributed by atoms with Crippen LogP contribution in [0.5, 0.6) is 0 Å². The van der Waals surface area contributed by atoms with Crippen LogP contribution in [0.1, 0.15) is 11.1 Å². The summed E-state index contributed by atoms with van der Waals surface area (Å²) in [6.07, 6.45) is -4.71. The molecular formula is C17H12F3N3O4. The van der Waals surface area contributed by atoms with Crippen LogP contribution in [0.15, 0.2) is 48.5 Å². The van der Waals surface area contributed by atoms with E-state index in [0.29, 0.717) is 10.5 Å². The van der Waals surface area contributed by atoms with Crippen molar-refractivity contribution < 1.29 is 27.6 Å². The van der Waals surface area contributed by atoms with E-state index >= 15 is 0 Å². The number of nitro benzene ring substituents is 1. The Bertz CT molecular complexity index is 942. The van der Waals surface area contributed by atoms with E-state index < -0.39 is 35.8 Å². The maximum atomic E-state index is 13.0. The summed E-state index contributed by atoms with van der Waals surface area (Å²) in [6, 6.07) is 11.0. The molecule has 1 amide bonds. The molecule has 10 heteroatoms. The number of rotatable bonds is 3. The SMILES string of the molecule is O=C1C[N+]([O-])=C(c2ccccc2)c2cc([N+](=O)[O-])ccc2N1CC(F)(F)F. The third kappa shape index (κ3) is 3.73. The van der Waals surface area contributed by atoms with Crippen molar-refractivity contribution in [3.05, 3.63) is 75.0 Å². The number of halogens is 3. The van der Waals surface area contributed by atoms with Gasteiger partial charge in [0.15, 0.2) is 0 Å². The molecule has 2 aromatic rings. The van der Waals surface area contributed by atoms with Gasteiger partial charge in [-0.2, -0.15) is 17.9 Å². The number of carbonyl (C=O) groups is 1. The second-order valence-electron chi connectivity index (χ2n) is 5.80. The molecule has 0 atom stereocenters. The summed E-state index contributed by atoms with van der Waals surface area (Å²) in [6.45, 7) is -2.45. The fourth-order valence-corrected chi connectivity index (χ4v) is 2.87. The zero-order chi connectivity index (χ0) is 19.8. The number of benzodiazepines with no additional fused rings is 1. The molecule has 0 N–H and O–H groups in total. The Morgan fingerprint density at radius 3 is 2.41 bits per heavy atom. The number of benzene rings is 2. The molecule has 2 aromatic carbocycles. The minimum Gasteiger partial charge on any atom is -0.623 e. The maximum absolute atomic E-state index is 13.0. The van der Waals surface area contributed by atoms with Gasteiger partial charge in [-0.1, -0.05) is 18.2 Å². The molecule has 0 radical (unpaired) electrons. The number of hydrogen-bond donors (Lipinski definition) is 0. The van der Waals surface area contributed by atoms with Gasteiger partial charge in [0.05, 0.1) is 16.2 Å². The zero-order valence-corrected chi connectivity index (χ0v) is 13.6. The standard InChI is InChI=1S/C17H12F3N3O4/c18-17(19,20)10-21-14-7-6-12(23(26)27)8-13(14)16(22(25)9-15(21)24)11-4-2-1-3-5-11/h1-8H,9-10H2. The van der Waals surface area contributed by atoms with Crippen LogP contribution in [0.3, 0.4) is 0 Å². The van der Waals surface area contributed by atoms with Crippen LogP contribution in [-0.4, -0.2) is 40.5 Å². The number of amides is 1. The summed E-state index contributed by atoms with van der Waals surface area (Å²) in [7, 11) is 0. The number of nitro groups is 1. The van der Waals surface area contributed by atoms with Gasteiger partial charge < -0.3 is 5.21 Å². The van der Waals surface area contributed by atoms with E-state index in [9.17, 15) is 33.3 Å². The molecule has 0 aromatic heterocycles. The number of carbonyl (C=O) groups excluding carboxylic acids is 1. The first-order chi connectivity index (χ1) is 12.7. The lowest BCUT2D eigenvalue weighted by atomic mass is 9.99. The zero-order valence-electron chi connectivity index (χ0n) is 13.6. The van der Waals surface area contributed by atoms with Crippen LogP contribution in [0.2, 0.25) is 0 Å². The molecule has 0 unspecified atom stereocenters. The molecule has 0 spiro atoms. The van der Waals surface area contributed by atoms with E-state index in [2.05, 4.69) is 0 Å². The van der Waals surface area contributed by atoms with Crippen molar-refractivity contribution in [2.45, 2.75) is 6.18 Å². The largest absolute Gasteiger partial charge is 0.623 e. The highest BCUT2D eigenvalue weighted by Gasteiger charge is 2.39. The molecule has 0 saturated heterocycles. The summed E-state index contributed by atoms with van der Waals surface area (Å²) in [5, 5.41) is 23.7. The Morgan fingerprint density at radius 1 is 1.15 bits per heavy atom. The van der Waals surface area contributed by atoms with Gasteiger partial charge in [0, 0.05) is 17.7 Å². The third-order valence-corrected chi connectivity index (χ3v) is 3.95. The van der Waals surface area contributed by atoms with Crippen molar-refractivity contribution in [2.24, 2.45) is 0 Å². The number of fused-ring (bicyclic) bond motifs is 1. The van der Waals surface area contributed by atoms with Crippen LogP contribution in [0.4, 0.5) is 24.5 Å². The molecule has 0 bridgehead atoms. The Labute approximate surface area is 150 Å². The lowest BCUT2D eigenvalue weighted by molar-refractivity contribution is -0.443. The molecule has 1 aliphatic rings. The van der Waals surface area contributed by atoms with Crippen LogP contribution in [-0.2, 0) is 4.79 Å². The van der Waals surface area contributed by atoms with E-state index in [0.717, 1.165) is 18.2 Å². The highest BCUT2D eigenvalue weighted by Crippen LogP contribution is 2.32. The minimum atomic E-state index is -4.71. The first-order valence-electron chi connectivity index (χ1n) is 7.70. The number of hydroxylamine groups is 1. The van der Waals surface area contributed by atoms with Crippen molar-refractivity contribution in [3.63, 3.8) is 0 Å². The van der Waals surface area contributed by atoms with Gasteiger partial charge in [0.1, 0.15) is 6.54 Å². The van der Waals surface area contributed by atoms with Gasteiger partial charge in [-0.05, 0) is 18.2 Å². The fraction of sp³-hybridized carbons (Fsp3) is 0.176. The fourth-order valence-electron chi connectivity index (χ4n) is 2.87. The molecule has 27 heavy (non-hydrogen) atoms. The predicted octanol–water partition coefficient (Wildman–Crippen LogP) is 2.85. The van der Waals surface area contributed by atoms with Crippen LogP contribution in [0.25, 0.3) is 0 Å².